The summed E-state index contributed by atoms with van der Waals surface area (Å²) in [7, 11) is 0. The zero-order valence-corrected chi connectivity index (χ0v) is 8.85. The zero-order valence-electron chi connectivity index (χ0n) is 8.85. The van der Waals surface area contributed by atoms with Gasteiger partial charge in [-0.25, -0.2) is 4.98 Å². The van der Waals surface area contributed by atoms with Crippen LogP contribution in [0.15, 0.2) is 36.8 Å². The van der Waals surface area contributed by atoms with Crippen LogP contribution >= 0.6 is 0 Å². The number of nitrogens with two attached hydrogens (primary N) is 1. The second-order valence-electron chi connectivity index (χ2n) is 3.47. The van der Waals surface area contributed by atoms with Crippen molar-refractivity contribution in [2.24, 2.45) is 5.73 Å². The van der Waals surface area contributed by atoms with Crippen molar-refractivity contribution in [1.82, 2.24) is 9.55 Å². The molecular formula is C12H15N3. The number of hydrogen-bond acceptors (Lipinski definition) is 2. The average Bonchev–Trinajstić information content (AvgIpc) is 2.77. The first-order valence-corrected chi connectivity index (χ1v) is 5.14. The van der Waals surface area contributed by atoms with Gasteiger partial charge in [-0.05, 0) is 18.6 Å². The molecule has 0 unspecified atom stereocenters. The molecule has 3 heteroatoms. The van der Waals surface area contributed by atoms with E-state index < -0.39 is 0 Å². The van der Waals surface area contributed by atoms with Crippen molar-refractivity contribution in [2.75, 3.05) is 0 Å². The topological polar surface area (TPSA) is 43.8 Å². The minimum absolute atomic E-state index is 0.577. The van der Waals surface area contributed by atoms with Crippen LogP contribution in [0.5, 0.6) is 0 Å². The highest BCUT2D eigenvalue weighted by molar-refractivity contribution is 5.59. The van der Waals surface area contributed by atoms with Crippen molar-refractivity contribution >= 4 is 0 Å². The van der Waals surface area contributed by atoms with Crippen LogP contribution < -0.4 is 5.73 Å². The number of aryl methyl sites for hydroxylation is 1. The van der Waals surface area contributed by atoms with E-state index in [2.05, 4.69) is 28.6 Å². The molecule has 0 radical (unpaired) electrons. The van der Waals surface area contributed by atoms with Gasteiger partial charge in [0.15, 0.2) is 0 Å². The summed E-state index contributed by atoms with van der Waals surface area (Å²) in [5.41, 5.74) is 9.09. The van der Waals surface area contributed by atoms with Crippen LogP contribution in [0.25, 0.3) is 11.3 Å². The van der Waals surface area contributed by atoms with E-state index in [1.54, 1.807) is 0 Å². The van der Waals surface area contributed by atoms with Crippen LogP contribution in [0.3, 0.4) is 0 Å². The molecular weight excluding hydrogens is 186 g/mol. The van der Waals surface area contributed by atoms with Crippen molar-refractivity contribution < 1.29 is 0 Å². The van der Waals surface area contributed by atoms with Gasteiger partial charge >= 0.3 is 0 Å². The molecule has 2 rings (SSSR count). The molecule has 0 fully saturated rings. The smallest absolute Gasteiger partial charge is 0.0950 e. The molecule has 78 valence electrons. The van der Waals surface area contributed by atoms with Crippen LogP contribution in [0.4, 0.5) is 0 Å². The number of imidazole rings is 1. The molecule has 0 aliphatic rings. The first kappa shape index (κ1) is 9.93. The summed E-state index contributed by atoms with van der Waals surface area (Å²) in [6.07, 6.45) is 3.74. The predicted octanol–water partition coefficient (Wildman–Crippen LogP) is 2.03. The highest BCUT2D eigenvalue weighted by atomic mass is 15.0. The van der Waals surface area contributed by atoms with E-state index in [1.807, 2.05) is 24.7 Å². The number of benzene rings is 1. The van der Waals surface area contributed by atoms with Crippen molar-refractivity contribution in [1.29, 1.82) is 0 Å². The molecule has 3 nitrogen and oxygen atoms in total. The fourth-order valence-electron chi connectivity index (χ4n) is 1.67. The van der Waals surface area contributed by atoms with E-state index >= 15 is 0 Å². The largest absolute Gasteiger partial charge is 0.331 e. The maximum absolute atomic E-state index is 5.62. The summed E-state index contributed by atoms with van der Waals surface area (Å²) in [5.74, 6) is 0. The van der Waals surface area contributed by atoms with Gasteiger partial charge in [0, 0.05) is 18.7 Å². The Labute approximate surface area is 89.6 Å². The summed E-state index contributed by atoms with van der Waals surface area (Å²) < 4.78 is 2.12. The van der Waals surface area contributed by atoms with E-state index in [-0.39, 0.29) is 0 Å². The third kappa shape index (κ3) is 1.92. The SMILES string of the molecule is CCn1cncc1-c1cccc(CN)c1. The van der Waals surface area contributed by atoms with Crippen molar-refractivity contribution in [2.45, 2.75) is 20.0 Å². The molecule has 1 heterocycles. The Hall–Kier alpha value is -1.61. The van der Waals surface area contributed by atoms with Crippen LogP contribution in [-0.4, -0.2) is 9.55 Å². The fraction of sp³-hybridized carbons (Fsp3) is 0.250. The Kier molecular flexibility index (Phi) is 2.83. The minimum atomic E-state index is 0.577. The van der Waals surface area contributed by atoms with Gasteiger partial charge in [0.05, 0.1) is 18.2 Å². The van der Waals surface area contributed by atoms with Crippen molar-refractivity contribution in [3.8, 4) is 11.3 Å². The van der Waals surface area contributed by atoms with Crippen molar-refractivity contribution in [3.05, 3.63) is 42.4 Å². The Bertz CT molecular complexity index is 446. The second kappa shape index (κ2) is 4.28. The standard InChI is InChI=1S/C12H15N3/c1-2-15-9-14-8-12(15)11-5-3-4-10(6-11)7-13/h3-6,8-9H,2,7,13H2,1H3. The Morgan fingerprint density at radius 1 is 1.40 bits per heavy atom. The van der Waals surface area contributed by atoms with E-state index in [0.29, 0.717) is 6.54 Å². The number of hydrogen-bond donors (Lipinski definition) is 1. The molecule has 0 amide bonds. The van der Waals surface area contributed by atoms with Crippen LogP contribution in [-0.2, 0) is 13.1 Å². The molecule has 1 aromatic carbocycles. The first-order valence-electron chi connectivity index (χ1n) is 5.14. The molecule has 0 aliphatic carbocycles. The lowest BCUT2D eigenvalue weighted by Gasteiger charge is -2.06. The van der Waals surface area contributed by atoms with Gasteiger partial charge in [0.2, 0.25) is 0 Å². The number of nitrogens with zero attached hydrogens (tertiary/aromatic N) is 2. The molecule has 0 spiro atoms. The first-order chi connectivity index (χ1) is 7.35. The molecule has 2 N–H and O–H groups in total. The molecule has 2 aromatic rings. The number of rotatable bonds is 3. The molecule has 0 atom stereocenters. The highest BCUT2D eigenvalue weighted by Gasteiger charge is 2.03. The average molecular weight is 201 g/mol. The predicted molar refractivity (Wildman–Crippen MR) is 61.2 cm³/mol. The monoisotopic (exact) mass is 201 g/mol. The lowest BCUT2D eigenvalue weighted by atomic mass is 10.1. The highest BCUT2D eigenvalue weighted by Crippen LogP contribution is 2.19. The van der Waals surface area contributed by atoms with Gasteiger partial charge in [0.1, 0.15) is 0 Å². The summed E-state index contributed by atoms with van der Waals surface area (Å²) in [6.45, 7) is 3.62. The second-order valence-corrected chi connectivity index (χ2v) is 3.47. The van der Waals surface area contributed by atoms with Crippen molar-refractivity contribution in [3.63, 3.8) is 0 Å². The molecule has 1 aromatic heterocycles. The maximum atomic E-state index is 5.62. The van der Waals surface area contributed by atoms with E-state index in [9.17, 15) is 0 Å². The molecule has 0 bridgehead atoms. The zero-order chi connectivity index (χ0) is 10.7. The lowest BCUT2D eigenvalue weighted by molar-refractivity contribution is 0.768. The molecule has 15 heavy (non-hydrogen) atoms. The normalized spacial score (nSPS) is 10.5. The molecule has 0 aliphatic heterocycles. The lowest BCUT2D eigenvalue weighted by Crippen LogP contribution is -1.98. The van der Waals surface area contributed by atoms with Gasteiger partial charge in [-0.1, -0.05) is 18.2 Å². The van der Waals surface area contributed by atoms with Gasteiger partial charge in [-0.15, -0.1) is 0 Å². The van der Waals surface area contributed by atoms with Crippen LogP contribution in [0.1, 0.15) is 12.5 Å². The minimum Gasteiger partial charge on any atom is -0.331 e. The molecule has 0 saturated heterocycles. The van der Waals surface area contributed by atoms with Crippen LogP contribution in [0, 0.1) is 0 Å². The summed E-state index contributed by atoms with van der Waals surface area (Å²) in [5, 5.41) is 0. The van der Waals surface area contributed by atoms with Gasteiger partial charge in [-0.3, -0.25) is 0 Å². The fourth-order valence-corrected chi connectivity index (χ4v) is 1.67. The maximum Gasteiger partial charge on any atom is 0.0950 e. The Morgan fingerprint density at radius 3 is 3.00 bits per heavy atom. The Morgan fingerprint density at radius 2 is 2.27 bits per heavy atom. The van der Waals surface area contributed by atoms with Gasteiger partial charge in [0.25, 0.3) is 0 Å². The quantitative estimate of drug-likeness (QED) is 0.825. The summed E-state index contributed by atoms with van der Waals surface area (Å²) >= 11 is 0. The van der Waals surface area contributed by atoms with E-state index in [4.69, 9.17) is 5.73 Å². The third-order valence-corrected chi connectivity index (χ3v) is 2.51. The molecule has 0 saturated carbocycles. The van der Waals surface area contributed by atoms with E-state index in [1.165, 1.54) is 5.56 Å². The Balaban J connectivity index is 2.44. The third-order valence-electron chi connectivity index (χ3n) is 2.51. The van der Waals surface area contributed by atoms with Gasteiger partial charge in [-0.2, -0.15) is 0 Å². The summed E-state index contributed by atoms with van der Waals surface area (Å²) in [6, 6.07) is 8.27. The van der Waals surface area contributed by atoms with Gasteiger partial charge < -0.3 is 10.3 Å². The van der Waals surface area contributed by atoms with Crippen LogP contribution in [0.2, 0.25) is 0 Å². The number of aromatic nitrogens is 2. The van der Waals surface area contributed by atoms with E-state index in [0.717, 1.165) is 17.8 Å². The summed E-state index contributed by atoms with van der Waals surface area (Å²) in [4.78, 5) is 4.16.